The van der Waals surface area contributed by atoms with Crippen LogP contribution in [0.3, 0.4) is 0 Å². The number of hydrogen-bond acceptors (Lipinski definition) is 6. The molecule has 0 spiro atoms. The van der Waals surface area contributed by atoms with Gasteiger partial charge in [0.2, 0.25) is 0 Å². The van der Waals surface area contributed by atoms with Crippen molar-refractivity contribution in [1.82, 2.24) is 21.0 Å². The van der Waals surface area contributed by atoms with Crippen molar-refractivity contribution in [2.45, 2.75) is 39.1 Å². The Morgan fingerprint density at radius 1 is 1.26 bits per heavy atom. The summed E-state index contributed by atoms with van der Waals surface area (Å²) in [7, 11) is 0. The van der Waals surface area contributed by atoms with Gasteiger partial charge in [-0.05, 0) is 36.1 Å². The van der Waals surface area contributed by atoms with Crippen LogP contribution in [0.4, 0.5) is 5.69 Å². The van der Waals surface area contributed by atoms with Gasteiger partial charge in [0.15, 0.2) is 0 Å². The van der Waals surface area contributed by atoms with Gasteiger partial charge in [-0.1, -0.05) is 25.4 Å². The number of carbonyl (C=O) groups excluding carboxylic acids is 1. The molecular formula is C19H26ClN5O2. The zero-order chi connectivity index (χ0) is 19.1. The van der Waals surface area contributed by atoms with Gasteiger partial charge in [0, 0.05) is 24.3 Å². The molecule has 27 heavy (non-hydrogen) atoms. The number of anilines is 1. The smallest absolute Gasteiger partial charge is 0.254 e. The summed E-state index contributed by atoms with van der Waals surface area (Å²) in [5, 5.41) is 9.22. The van der Waals surface area contributed by atoms with Gasteiger partial charge in [0.05, 0.1) is 24.5 Å². The van der Waals surface area contributed by atoms with Crippen LogP contribution in [0, 0.1) is 6.92 Å². The Bertz CT molecular complexity index is 776. The minimum atomic E-state index is -0.235. The Morgan fingerprint density at radius 2 is 2.00 bits per heavy atom. The molecule has 2 saturated heterocycles. The maximum atomic E-state index is 12.7. The van der Waals surface area contributed by atoms with E-state index >= 15 is 0 Å². The van der Waals surface area contributed by atoms with Crippen LogP contribution in [0.2, 0.25) is 5.02 Å². The lowest BCUT2D eigenvalue weighted by Gasteiger charge is -2.40. The highest BCUT2D eigenvalue weighted by atomic mass is 35.5. The molecule has 0 aliphatic carbocycles. The van der Waals surface area contributed by atoms with E-state index in [1.165, 1.54) is 0 Å². The van der Waals surface area contributed by atoms with E-state index in [0.29, 0.717) is 24.7 Å². The monoisotopic (exact) mass is 391 g/mol. The number of aryl methyl sites for hydroxylation is 1. The molecule has 0 aromatic heterocycles. The van der Waals surface area contributed by atoms with E-state index in [-0.39, 0.29) is 18.4 Å². The standard InChI is InChI=1S/C19H26ClN5O2/c1-11(2)14-9-13(20)8-12(3)16(14)25-10-15-17(23-25)21-19(22-18(15)26)24-4-6-27-7-5-24/h8-11,17,19,21,23H,4-7H2,1-3H3,(H,22,26). The van der Waals surface area contributed by atoms with Gasteiger partial charge < -0.3 is 10.1 Å². The molecule has 7 nitrogen and oxygen atoms in total. The van der Waals surface area contributed by atoms with E-state index < -0.39 is 0 Å². The van der Waals surface area contributed by atoms with E-state index in [2.05, 4.69) is 34.8 Å². The third kappa shape index (κ3) is 3.58. The molecule has 2 fully saturated rings. The van der Waals surface area contributed by atoms with Crippen LogP contribution in [0.5, 0.6) is 0 Å². The van der Waals surface area contributed by atoms with Crippen molar-refractivity contribution in [3.05, 3.63) is 40.1 Å². The number of hydrogen-bond donors (Lipinski definition) is 3. The van der Waals surface area contributed by atoms with Crippen molar-refractivity contribution in [1.29, 1.82) is 0 Å². The summed E-state index contributed by atoms with van der Waals surface area (Å²) in [5.74, 6) is 0.256. The van der Waals surface area contributed by atoms with Gasteiger partial charge in [-0.15, -0.1) is 0 Å². The zero-order valence-electron chi connectivity index (χ0n) is 15.9. The molecule has 3 aliphatic rings. The molecule has 1 aromatic carbocycles. The lowest BCUT2D eigenvalue weighted by atomic mass is 9.98. The molecule has 2 unspecified atom stereocenters. The first-order valence-electron chi connectivity index (χ1n) is 9.40. The van der Waals surface area contributed by atoms with Crippen LogP contribution >= 0.6 is 11.6 Å². The number of fused-ring (bicyclic) bond motifs is 1. The van der Waals surface area contributed by atoms with Crippen LogP contribution < -0.4 is 21.1 Å². The van der Waals surface area contributed by atoms with Gasteiger partial charge in [-0.25, -0.2) is 5.43 Å². The molecule has 3 heterocycles. The average molecular weight is 392 g/mol. The summed E-state index contributed by atoms with van der Waals surface area (Å²) < 4.78 is 5.41. The van der Waals surface area contributed by atoms with Crippen molar-refractivity contribution in [3.63, 3.8) is 0 Å². The number of halogens is 1. The number of carbonyl (C=O) groups is 1. The van der Waals surface area contributed by atoms with Crippen molar-refractivity contribution in [3.8, 4) is 0 Å². The summed E-state index contributed by atoms with van der Waals surface area (Å²) in [6, 6.07) is 3.95. The quantitative estimate of drug-likeness (QED) is 0.727. The number of rotatable bonds is 3. The lowest BCUT2D eigenvalue weighted by Crippen LogP contribution is -2.68. The summed E-state index contributed by atoms with van der Waals surface area (Å²) in [4.78, 5) is 14.9. The zero-order valence-corrected chi connectivity index (χ0v) is 16.6. The number of nitrogens with one attached hydrogen (secondary N) is 3. The van der Waals surface area contributed by atoms with Gasteiger partial charge in [-0.3, -0.25) is 20.0 Å². The first-order valence-corrected chi connectivity index (χ1v) is 9.77. The third-order valence-electron chi connectivity index (χ3n) is 5.27. The van der Waals surface area contributed by atoms with Crippen molar-refractivity contribution < 1.29 is 9.53 Å². The Balaban J connectivity index is 1.59. The molecule has 4 rings (SSSR count). The average Bonchev–Trinajstić information content (AvgIpc) is 3.06. The first kappa shape index (κ1) is 18.7. The fraction of sp³-hybridized carbons (Fsp3) is 0.526. The van der Waals surface area contributed by atoms with Crippen molar-refractivity contribution >= 4 is 23.2 Å². The summed E-state index contributed by atoms with van der Waals surface area (Å²) in [5.41, 5.74) is 7.38. The fourth-order valence-corrected chi connectivity index (χ4v) is 4.16. The van der Waals surface area contributed by atoms with Crippen LogP contribution in [0.1, 0.15) is 30.9 Å². The third-order valence-corrected chi connectivity index (χ3v) is 5.49. The van der Waals surface area contributed by atoms with Gasteiger partial charge >= 0.3 is 0 Å². The first-order chi connectivity index (χ1) is 12.9. The molecule has 0 saturated carbocycles. The van der Waals surface area contributed by atoms with Crippen LogP contribution in [-0.2, 0) is 9.53 Å². The second-order valence-electron chi connectivity index (χ2n) is 7.52. The molecular weight excluding hydrogens is 366 g/mol. The lowest BCUT2D eigenvalue weighted by molar-refractivity contribution is -0.123. The summed E-state index contributed by atoms with van der Waals surface area (Å²) in [6.07, 6.45) is 1.44. The van der Waals surface area contributed by atoms with Crippen LogP contribution in [0.15, 0.2) is 23.9 Å². The highest BCUT2D eigenvalue weighted by molar-refractivity contribution is 6.30. The van der Waals surface area contributed by atoms with Crippen LogP contribution in [-0.4, -0.2) is 49.6 Å². The van der Waals surface area contributed by atoms with Gasteiger partial charge in [-0.2, -0.15) is 0 Å². The number of nitrogens with zero attached hydrogens (tertiary/aromatic N) is 2. The Kier molecular flexibility index (Phi) is 5.13. The fourth-order valence-electron chi connectivity index (χ4n) is 3.88. The maximum absolute atomic E-state index is 12.7. The molecule has 0 bridgehead atoms. The molecule has 8 heteroatoms. The number of hydrazine groups is 1. The number of benzene rings is 1. The molecule has 146 valence electrons. The summed E-state index contributed by atoms with van der Waals surface area (Å²) in [6.45, 7) is 9.28. The van der Waals surface area contributed by atoms with Crippen molar-refractivity contribution in [2.75, 3.05) is 31.3 Å². The predicted molar refractivity (Wildman–Crippen MR) is 105 cm³/mol. The SMILES string of the molecule is Cc1cc(Cl)cc(C(C)C)c1N1C=C2C(=O)NC(N3CCOCC3)NC2N1. The largest absolute Gasteiger partial charge is 0.379 e. The van der Waals surface area contributed by atoms with E-state index in [4.69, 9.17) is 16.3 Å². The minimum Gasteiger partial charge on any atom is -0.379 e. The second-order valence-corrected chi connectivity index (χ2v) is 7.96. The van der Waals surface area contributed by atoms with E-state index in [9.17, 15) is 4.79 Å². The number of morpholine rings is 1. The molecule has 0 radical (unpaired) electrons. The molecule has 2 atom stereocenters. The van der Waals surface area contributed by atoms with Gasteiger partial charge in [0.1, 0.15) is 12.5 Å². The molecule has 3 N–H and O–H groups in total. The van der Waals surface area contributed by atoms with Crippen molar-refractivity contribution in [2.24, 2.45) is 0 Å². The Labute approximate surface area is 164 Å². The summed E-state index contributed by atoms with van der Waals surface area (Å²) >= 11 is 6.28. The van der Waals surface area contributed by atoms with Gasteiger partial charge in [0.25, 0.3) is 5.91 Å². The van der Waals surface area contributed by atoms with E-state index in [1.807, 2.05) is 30.3 Å². The normalized spacial score (nSPS) is 26.2. The van der Waals surface area contributed by atoms with E-state index in [1.54, 1.807) is 0 Å². The molecule has 1 amide bonds. The Hall–Kier alpha value is -1.64. The highest BCUT2D eigenvalue weighted by Gasteiger charge is 2.39. The van der Waals surface area contributed by atoms with E-state index in [0.717, 1.165) is 34.9 Å². The minimum absolute atomic E-state index is 0.0528. The second kappa shape index (κ2) is 7.41. The highest BCUT2D eigenvalue weighted by Crippen LogP contribution is 2.35. The number of ether oxygens (including phenoxy) is 1. The number of amides is 1. The topological polar surface area (TPSA) is 68.9 Å². The molecule has 1 aromatic rings. The maximum Gasteiger partial charge on any atom is 0.254 e. The molecule has 3 aliphatic heterocycles. The van der Waals surface area contributed by atoms with Crippen LogP contribution in [0.25, 0.3) is 0 Å². The predicted octanol–water partition coefficient (Wildman–Crippen LogP) is 1.64. The Morgan fingerprint density at radius 3 is 2.70 bits per heavy atom.